The van der Waals surface area contributed by atoms with Gasteiger partial charge in [0.25, 0.3) is 0 Å². The predicted octanol–water partition coefficient (Wildman–Crippen LogP) is 5.06. The number of fused-ring (bicyclic) bond motifs is 1. The number of nitrogens with one attached hydrogen (secondary N) is 1. The lowest BCUT2D eigenvalue weighted by atomic mass is 10.2. The molecule has 0 fully saturated rings. The molecule has 2 aromatic carbocycles. The smallest absolute Gasteiger partial charge is 0.200 e. The maximum atomic E-state index is 14.3. The van der Waals surface area contributed by atoms with E-state index in [4.69, 9.17) is 9.72 Å². The summed E-state index contributed by atoms with van der Waals surface area (Å²) >= 11 is 0. The quantitative estimate of drug-likeness (QED) is 0.406. The van der Waals surface area contributed by atoms with Crippen LogP contribution in [0.15, 0.2) is 55.0 Å². The molecule has 33 heavy (non-hydrogen) atoms. The number of anilines is 2. The molecule has 2 aromatic heterocycles. The maximum Gasteiger partial charge on any atom is 0.200 e. The number of ether oxygens (including phenoxy) is 1. The van der Waals surface area contributed by atoms with Crippen LogP contribution in [0.25, 0.3) is 22.3 Å². The minimum atomic E-state index is -1.00. The van der Waals surface area contributed by atoms with Gasteiger partial charge in [0.05, 0.1) is 30.0 Å². The summed E-state index contributed by atoms with van der Waals surface area (Å²) in [6, 6.07) is 10.7. The molecule has 2 heterocycles. The van der Waals surface area contributed by atoms with Crippen molar-refractivity contribution in [1.82, 2.24) is 19.9 Å². The minimum Gasteiger partial charge on any atom is -0.493 e. The van der Waals surface area contributed by atoms with Gasteiger partial charge < -0.3 is 19.5 Å². The third-order valence-corrected chi connectivity index (χ3v) is 5.36. The van der Waals surface area contributed by atoms with Crippen molar-refractivity contribution in [3.05, 3.63) is 66.6 Å². The fourth-order valence-electron chi connectivity index (χ4n) is 3.69. The SMILES string of the molecule is COc1cc(N(CCNC(C)C)c2ccc3ncc(-c4ccn(C)c4)nc3c2)cc(F)c1F. The van der Waals surface area contributed by atoms with E-state index in [1.165, 1.54) is 19.2 Å². The van der Waals surface area contributed by atoms with Crippen LogP contribution >= 0.6 is 0 Å². The summed E-state index contributed by atoms with van der Waals surface area (Å²) in [4.78, 5) is 11.3. The van der Waals surface area contributed by atoms with Crippen molar-refractivity contribution in [3.8, 4) is 17.0 Å². The van der Waals surface area contributed by atoms with Gasteiger partial charge in [-0.05, 0) is 24.3 Å². The van der Waals surface area contributed by atoms with Gasteiger partial charge in [-0.25, -0.2) is 9.37 Å². The Kier molecular flexibility index (Phi) is 6.55. The minimum absolute atomic E-state index is 0.140. The molecular formula is C25H27F2N5O. The number of hydrogen-bond acceptors (Lipinski definition) is 5. The van der Waals surface area contributed by atoms with Gasteiger partial charge in [0.15, 0.2) is 11.6 Å². The van der Waals surface area contributed by atoms with Gasteiger partial charge in [0.1, 0.15) is 0 Å². The number of nitrogens with zero attached hydrogens (tertiary/aromatic N) is 4. The summed E-state index contributed by atoms with van der Waals surface area (Å²) in [7, 11) is 3.28. The van der Waals surface area contributed by atoms with E-state index < -0.39 is 11.6 Å². The molecule has 0 amide bonds. The number of hydrogen-bond donors (Lipinski definition) is 1. The number of benzene rings is 2. The van der Waals surface area contributed by atoms with Crippen LogP contribution in [-0.2, 0) is 7.05 Å². The highest BCUT2D eigenvalue weighted by atomic mass is 19.2. The van der Waals surface area contributed by atoms with Crippen LogP contribution in [-0.4, -0.2) is 40.8 Å². The molecule has 0 spiro atoms. The largest absolute Gasteiger partial charge is 0.493 e. The molecule has 4 rings (SSSR count). The van der Waals surface area contributed by atoms with Crippen molar-refractivity contribution >= 4 is 22.4 Å². The maximum absolute atomic E-state index is 14.3. The Morgan fingerprint density at radius 2 is 1.91 bits per heavy atom. The Balaban J connectivity index is 1.77. The number of aromatic nitrogens is 3. The molecule has 4 aromatic rings. The Morgan fingerprint density at radius 3 is 2.61 bits per heavy atom. The summed E-state index contributed by atoms with van der Waals surface area (Å²) in [6.45, 7) is 5.29. The van der Waals surface area contributed by atoms with E-state index in [2.05, 4.69) is 24.1 Å². The highest BCUT2D eigenvalue weighted by Crippen LogP contribution is 2.33. The van der Waals surface area contributed by atoms with Crippen LogP contribution in [0.4, 0.5) is 20.2 Å². The highest BCUT2D eigenvalue weighted by molar-refractivity contribution is 5.82. The third kappa shape index (κ3) is 4.96. The van der Waals surface area contributed by atoms with E-state index >= 15 is 0 Å². The average molecular weight is 452 g/mol. The lowest BCUT2D eigenvalue weighted by molar-refractivity contribution is 0.372. The fraction of sp³-hybridized carbons (Fsp3) is 0.280. The van der Waals surface area contributed by atoms with Crippen molar-refractivity contribution in [1.29, 1.82) is 0 Å². The van der Waals surface area contributed by atoms with Gasteiger partial charge >= 0.3 is 0 Å². The topological polar surface area (TPSA) is 55.2 Å². The number of halogens is 2. The molecule has 0 aliphatic carbocycles. The Morgan fingerprint density at radius 1 is 1.09 bits per heavy atom. The Bertz CT molecular complexity index is 1270. The second-order valence-corrected chi connectivity index (χ2v) is 8.20. The molecule has 0 aliphatic rings. The number of rotatable bonds is 8. The van der Waals surface area contributed by atoms with Gasteiger partial charge in [0.2, 0.25) is 5.82 Å². The zero-order chi connectivity index (χ0) is 23.5. The van der Waals surface area contributed by atoms with E-state index in [-0.39, 0.29) is 5.75 Å². The summed E-state index contributed by atoms with van der Waals surface area (Å²) in [5.74, 6) is -2.10. The molecular weight excluding hydrogens is 424 g/mol. The van der Waals surface area contributed by atoms with Crippen LogP contribution in [0, 0.1) is 11.6 Å². The van der Waals surface area contributed by atoms with Crippen molar-refractivity contribution < 1.29 is 13.5 Å². The number of methoxy groups -OCH3 is 1. The zero-order valence-corrected chi connectivity index (χ0v) is 19.1. The normalized spacial score (nSPS) is 11.4. The zero-order valence-electron chi connectivity index (χ0n) is 19.1. The molecule has 0 bridgehead atoms. The second kappa shape index (κ2) is 9.54. The summed E-state index contributed by atoms with van der Waals surface area (Å²) < 4.78 is 35.4. The standard InChI is InChI=1S/C25H27F2N5O/c1-16(2)28-8-10-32(19-11-20(26)25(27)24(13-19)33-4)18-5-6-21-22(12-18)30-23(14-29-21)17-7-9-31(3)15-17/h5-7,9,11-16,28H,8,10H2,1-4H3. The molecule has 0 unspecified atom stereocenters. The van der Waals surface area contributed by atoms with Gasteiger partial charge in [-0.3, -0.25) is 4.98 Å². The van der Waals surface area contributed by atoms with Crippen molar-refractivity contribution in [2.24, 2.45) is 7.05 Å². The summed E-state index contributed by atoms with van der Waals surface area (Å²) in [6.07, 6.45) is 5.69. The third-order valence-electron chi connectivity index (χ3n) is 5.36. The molecule has 1 N–H and O–H groups in total. The molecule has 0 saturated heterocycles. The van der Waals surface area contributed by atoms with Crippen molar-refractivity contribution in [2.75, 3.05) is 25.1 Å². The molecule has 0 aliphatic heterocycles. The molecule has 172 valence electrons. The monoisotopic (exact) mass is 451 g/mol. The van der Waals surface area contributed by atoms with E-state index in [0.717, 1.165) is 22.5 Å². The lowest BCUT2D eigenvalue weighted by Gasteiger charge is -2.26. The highest BCUT2D eigenvalue weighted by Gasteiger charge is 2.18. The van der Waals surface area contributed by atoms with Crippen LogP contribution in [0.2, 0.25) is 0 Å². The van der Waals surface area contributed by atoms with Crippen LogP contribution < -0.4 is 15.0 Å². The van der Waals surface area contributed by atoms with Crippen LogP contribution in [0.1, 0.15) is 13.8 Å². The predicted molar refractivity (Wildman–Crippen MR) is 127 cm³/mol. The lowest BCUT2D eigenvalue weighted by Crippen LogP contribution is -2.32. The molecule has 0 radical (unpaired) electrons. The summed E-state index contributed by atoms with van der Waals surface area (Å²) in [5.41, 5.74) is 4.48. The second-order valence-electron chi connectivity index (χ2n) is 8.20. The Hall–Kier alpha value is -3.52. The first-order valence-corrected chi connectivity index (χ1v) is 10.8. The average Bonchev–Trinajstić information content (AvgIpc) is 3.24. The van der Waals surface area contributed by atoms with E-state index in [9.17, 15) is 8.78 Å². The van der Waals surface area contributed by atoms with E-state index in [1.54, 1.807) is 6.20 Å². The van der Waals surface area contributed by atoms with Crippen LogP contribution in [0.5, 0.6) is 5.75 Å². The first-order chi connectivity index (χ1) is 15.9. The first-order valence-electron chi connectivity index (χ1n) is 10.8. The molecule has 0 saturated carbocycles. The van der Waals surface area contributed by atoms with Crippen molar-refractivity contribution in [3.63, 3.8) is 0 Å². The van der Waals surface area contributed by atoms with Gasteiger partial charge in [-0.2, -0.15) is 4.39 Å². The van der Waals surface area contributed by atoms with Gasteiger partial charge in [-0.15, -0.1) is 0 Å². The Labute approximate surface area is 191 Å². The fourth-order valence-corrected chi connectivity index (χ4v) is 3.69. The van der Waals surface area contributed by atoms with E-state index in [1.807, 2.05) is 53.2 Å². The number of aryl methyl sites for hydroxylation is 1. The summed E-state index contributed by atoms with van der Waals surface area (Å²) in [5, 5.41) is 3.37. The van der Waals surface area contributed by atoms with Gasteiger partial charge in [-0.1, -0.05) is 13.8 Å². The van der Waals surface area contributed by atoms with Gasteiger partial charge in [0, 0.05) is 67.6 Å². The van der Waals surface area contributed by atoms with Crippen molar-refractivity contribution in [2.45, 2.75) is 19.9 Å². The molecule has 8 heteroatoms. The van der Waals surface area contributed by atoms with Crippen LogP contribution in [0.3, 0.4) is 0 Å². The van der Waals surface area contributed by atoms with E-state index in [0.29, 0.717) is 30.3 Å². The first kappa shape index (κ1) is 22.7. The molecule has 6 nitrogen and oxygen atoms in total. The molecule has 0 atom stereocenters.